The van der Waals surface area contributed by atoms with E-state index in [1.807, 2.05) is 0 Å². The standard InChI is InChI=1S/C24H20ClN3O5/c25-18-10-11-20(19(12-18)22(30)16-4-2-1-3-5-16)28-21(29)14-33-23(31)17-8-6-15(7-9-17)13-27-24(26)32/h1-12H,13-14H2,(H,28,29)(H3,26,27,32). The number of benzene rings is 3. The quantitative estimate of drug-likeness (QED) is 0.346. The van der Waals surface area contributed by atoms with Crippen molar-refractivity contribution in [3.05, 3.63) is 100 Å². The maximum Gasteiger partial charge on any atom is 0.338 e. The maximum atomic E-state index is 12.8. The number of esters is 1. The third-order valence-electron chi connectivity index (χ3n) is 4.53. The number of primary amides is 1. The topological polar surface area (TPSA) is 128 Å². The Hall–Kier alpha value is -4.17. The van der Waals surface area contributed by atoms with E-state index in [1.54, 1.807) is 48.5 Å². The molecule has 9 heteroatoms. The first-order valence-electron chi connectivity index (χ1n) is 9.82. The molecule has 0 aliphatic carbocycles. The Morgan fingerprint density at radius 1 is 0.879 bits per heavy atom. The largest absolute Gasteiger partial charge is 0.452 e. The molecule has 0 aliphatic heterocycles. The molecule has 3 aromatic carbocycles. The smallest absolute Gasteiger partial charge is 0.338 e. The number of halogens is 1. The van der Waals surface area contributed by atoms with Gasteiger partial charge in [-0.3, -0.25) is 9.59 Å². The maximum absolute atomic E-state index is 12.8. The zero-order chi connectivity index (χ0) is 23.8. The molecule has 0 aromatic heterocycles. The van der Waals surface area contributed by atoms with Crippen LogP contribution in [0.5, 0.6) is 0 Å². The summed E-state index contributed by atoms with van der Waals surface area (Å²) in [6.45, 7) is -0.330. The van der Waals surface area contributed by atoms with Gasteiger partial charge in [0.15, 0.2) is 12.4 Å². The Morgan fingerprint density at radius 3 is 2.24 bits per heavy atom. The molecule has 0 bridgehead atoms. The summed E-state index contributed by atoms with van der Waals surface area (Å²) < 4.78 is 5.06. The SMILES string of the molecule is NC(=O)NCc1ccc(C(=O)OCC(=O)Nc2ccc(Cl)cc2C(=O)c2ccccc2)cc1. The Morgan fingerprint density at radius 2 is 1.58 bits per heavy atom. The number of hydrogen-bond donors (Lipinski definition) is 3. The van der Waals surface area contributed by atoms with Crippen LogP contribution in [-0.4, -0.2) is 30.3 Å². The van der Waals surface area contributed by atoms with Gasteiger partial charge in [0, 0.05) is 22.7 Å². The number of urea groups is 1. The fourth-order valence-corrected chi connectivity index (χ4v) is 3.08. The number of nitrogens with two attached hydrogens (primary N) is 1. The lowest BCUT2D eigenvalue weighted by atomic mass is 10.0. The second kappa shape index (κ2) is 10.9. The highest BCUT2D eigenvalue weighted by Crippen LogP contribution is 2.23. The lowest BCUT2D eigenvalue weighted by Crippen LogP contribution is -2.28. The molecule has 0 saturated carbocycles. The summed E-state index contributed by atoms with van der Waals surface area (Å²) in [6.07, 6.45) is 0. The Kier molecular flexibility index (Phi) is 7.77. The van der Waals surface area contributed by atoms with Gasteiger partial charge < -0.3 is 21.1 Å². The van der Waals surface area contributed by atoms with Crippen molar-refractivity contribution in [2.75, 3.05) is 11.9 Å². The molecule has 0 fully saturated rings. The number of ketones is 1. The number of ether oxygens (including phenoxy) is 1. The molecular formula is C24H20ClN3O5. The predicted molar refractivity (Wildman–Crippen MR) is 123 cm³/mol. The van der Waals surface area contributed by atoms with E-state index in [4.69, 9.17) is 22.1 Å². The van der Waals surface area contributed by atoms with Gasteiger partial charge in [-0.15, -0.1) is 0 Å². The lowest BCUT2D eigenvalue weighted by Gasteiger charge is -2.12. The molecule has 0 unspecified atom stereocenters. The molecule has 0 saturated heterocycles. The first-order chi connectivity index (χ1) is 15.8. The van der Waals surface area contributed by atoms with Crippen molar-refractivity contribution in [1.82, 2.24) is 5.32 Å². The van der Waals surface area contributed by atoms with E-state index in [-0.39, 0.29) is 29.1 Å². The second-order valence-corrected chi connectivity index (χ2v) is 7.36. The zero-order valence-electron chi connectivity index (χ0n) is 17.3. The van der Waals surface area contributed by atoms with Gasteiger partial charge in [0.25, 0.3) is 5.91 Å². The van der Waals surface area contributed by atoms with E-state index in [0.29, 0.717) is 10.6 Å². The first kappa shape index (κ1) is 23.5. The number of rotatable bonds is 8. The van der Waals surface area contributed by atoms with Crippen molar-refractivity contribution in [1.29, 1.82) is 0 Å². The molecule has 0 atom stereocenters. The summed E-state index contributed by atoms with van der Waals surface area (Å²) in [6, 6.07) is 18.7. The minimum absolute atomic E-state index is 0.216. The number of anilines is 1. The third kappa shape index (κ3) is 6.65. The van der Waals surface area contributed by atoms with Crippen LogP contribution in [0, 0.1) is 0 Å². The van der Waals surface area contributed by atoms with Gasteiger partial charge in [-0.25, -0.2) is 9.59 Å². The van der Waals surface area contributed by atoms with Crippen LogP contribution in [0.4, 0.5) is 10.5 Å². The zero-order valence-corrected chi connectivity index (χ0v) is 18.1. The summed E-state index contributed by atoms with van der Waals surface area (Å²) in [5.74, 6) is -1.62. The summed E-state index contributed by atoms with van der Waals surface area (Å²) in [5, 5.41) is 5.36. The van der Waals surface area contributed by atoms with Gasteiger partial charge in [0.05, 0.1) is 11.3 Å². The molecule has 4 N–H and O–H groups in total. The van der Waals surface area contributed by atoms with E-state index in [1.165, 1.54) is 24.3 Å². The second-order valence-electron chi connectivity index (χ2n) is 6.92. The Balaban J connectivity index is 1.61. The van der Waals surface area contributed by atoms with Crippen molar-refractivity contribution < 1.29 is 23.9 Å². The van der Waals surface area contributed by atoms with Crippen LogP contribution < -0.4 is 16.4 Å². The molecule has 8 nitrogen and oxygen atoms in total. The van der Waals surface area contributed by atoms with Gasteiger partial charge in [0.1, 0.15) is 0 Å². The third-order valence-corrected chi connectivity index (χ3v) is 4.76. The molecular weight excluding hydrogens is 446 g/mol. The number of nitrogens with one attached hydrogen (secondary N) is 2. The monoisotopic (exact) mass is 465 g/mol. The number of carbonyl (C=O) groups is 4. The minimum atomic E-state index is -0.698. The minimum Gasteiger partial charge on any atom is -0.452 e. The van der Waals surface area contributed by atoms with Crippen molar-refractivity contribution in [3.8, 4) is 0 Å². The van der Waals surface area contributed by atoms with Crippen LogP contribution in [0.3, 0.4) is 0 Å². The van der Waals surface area contributed by atoms with E-state index in [9.17, 15) is 19.2 Å². The summed E-state index contributed by atoms with van der Waals surface area (Å²) in [4.78, 5) is 48.2. The van der Waals surface area contributed by atoms with Crippen molar-refractivity contribution in [3.63, 3.8) is 0 Å². The highest BCUT2D eigenvalue weighted by atomic mass is 35.5. The fraction of sp³-hybridized carbons (Fsp3) is 0.0833. The first-order valence-corrected chi connectivity index (χ1v) is 10.2. The Labute approximate surface area is 194 Å². The van der Waals surface area contributed by atoms with Crippen LogP contribution in [-0.2, 0) is 16.1 Å². The van der Waals surface area contributed by atoms with Crippen LogP contribution in [0.25, 0.3) is 0 Å². The summed E-state index contributed by atoms with van der Waals surface area (Å²) in [5.41, 5.74) is 6.90. The molecule has 0 heterocycles. The molecule has 33 heavy (non-hydrogen) atoms. The van der Waals surface area contributed by atoms with Crippen molar-refractivity contribution in [2.24, 2.45) is 5.73 Å². The van der Waals surface area contributed by atoms with E-state index >= 15 is 0 Å². The lowest BCUT2D eigenvalue weighted by molar-refractivity contribution is -0.119. The van der Waals surface area contributed by atoms with E-state index in [0.717, 1.165) is 5.56 Å². The normalized spacial score (nSPS) is 10.2. The van der Waals surface area contributed by atoms with Gasteiger partial charge in [0.2, 0.25) is 0 Å². The predicted octanol–water partition coefficient (Wildman–Crippen LogP) is 3.53. The average Bonchev–Trinajstić information content (AvgIpc) is 2.82. The van der Waals surface area contributed by atoms with Crippen molar-refractivity contribution in [2.45, 2.75) is 6.54 Å². The number of hydrogen-bond acceptors (Lipinski definition) is 5. The number of carbonyl (C=O) groups excluding carboxylic acids is 4. The van der Waals surface area contributed by atoms with Gasteiger partial charge >= 0.3 is 12.0 Å². The van der Waals surface area contributed by atoms with Crippen molar-refractivity contribution >= 4 is 41.0 Å². The molecule has 3 aromatic rings. The summed E-state index contributed by atoms with van der Waals surface area (Å²) >= 11 is 6.04. The van der Waals surface area contributed by atoms with Gasteiger partial charge in [-0.1, -0.05) is 54.1 Å². The van der Waals surface area contributed by atoms with Gasteiger partial charge in [-0.05, 0) is 35.9 Å². The summed E-state index contributed by atoms with van der Waals surface area (Å²) in [7, 11) is 0. The van der Waals surface area contributed by atoms with Crippen LogP contribution in [0.1, 0.15) is 31.8 Å². The Bertz CT molecular complexity index is 1180. The van der Waals surface area contributed by atoms with E-state index < -0.39 is 24.5 Å². The molecule has 3 rings (SSSR count). The highest BCUT2D eigenvalue weighted by Gasteiger charge is 2.17. The van der Waals surface area contributed by atoms with Crippen LogP contribution >= 0.6 is 11.6 Å². The molecule has 3 amide bonds. The molecule has 0 spiro atoms. The van der Waals surface area contributed by atoms with Crippen LogP contribution in [0.15, 0.2) is 72.8 Å². The average molecular weight is 466 g/mol. The molecule has 0 aliphatic rings. The molecule has 0 radical (unpaired) electrons. The highest BCUT2D eigenvalue weighted by molar-refractivity contribution is 6.31. The van der Waals surface area contributed by atoms with E-state index in [2.05, 4.69) is 10.6 Å². The van der Waals surface area contributed by atoms with Gasteiger partial charge in [-0.2, -0.15) is 0 Å². The fourth-order valence-electron chi connectivity index (χ4n) is 2.91. The molecule has 168 valence electrons. The number of amides is 3. The van der Waals surface area contributed by atoms with Crippen LogP contribution in [0.2, 0.25) is 5.02 Å².